The van der Waals surface area contributed by atoms with Crippen LogP contribution in [0.25, 0.3) is 44.5 Å². The average molecular weight is 629 g/mol. The molecule has 0 saturated carbocycles. The zero-order valence-corrected chi connectivity index (χ0v) is 25.7. The van der Waals surface area contributed by atoms with E-state index in [1.165, 1.54) is 44.5 Å². The number of anilines is 3. The molecule has 0 spiro atoms. The Morgan fingerprint density at radius 1 is 0.273 bits per heavy atom. The van der Waals surface area contributed by atoms with E-state index in [-0.39, 0.29) is 0 Å². The summed E-state index contributed by atoms with van der Waals surface area (Å²) in [6.45, 7) is 0. The van der Waals surface area contributed by atoms with Crippen LogP contribution in [0, 0.1) is 0 Å². The van der Waals surface area contributed by atoms with Gasteiger partial charge >= 0.3 is 0 Å². The second-order valence-electron chi connectivity index (χ2n) is 10.8. The first-order chi connectivity index (χ1) is 21.7. The van der Waals surface area contributed by atoms with Crippen molar-refractivity contribution in [2.75, 3.05) is 4.90 Å². The second-order valence-corrected chi connectivity index (χ2v) is 11.7. The number of hydrogen-bond acceptors (Lipinski definition) is 1. The van der Waals surface area contributed by atoms with Crippen molar-refractivity contribution in [2.24, 2.45) is 0 Å². The Labute approximate surface area is 267 Å². The summed E-state index contributed by atoms with van der Waals surface area (Å²) in [5.41, 5.74) is 12.9. The molecule has 0 saturated heterocycles. The van der Waals surface area contributed by atoms with Gasteiger partial charge in [-0.3, -0.25) is 0 Å². The van der Waals surface area contributed by atoms with Crippen LogP contribution in [-0.4, -0.2) is 0 Å². The lowest BCUT2D eigenvalue weighted by Gasteiger charge is -2.26. The summed E-state index contributed by atoms with van der Waals surface area (Å²) in [6, 6.07) is 64.7. The predicted molar refractivity (Wildman–Crippen MR) is 191 cm³/mol. The molecule has 210 valence electrons. The fourth-order valence-electron chi connectivity index (χ4n) is 5.67. The number of halogens is 1. The van der Waals surface area contributed by atoms with Crippen LogP contribution in [0.1, 0.15) is 0 Å². The van der Waals surface area contributed by atoms with Crippen molar-refractivity contribution in [3.05, 3.63) is 186 Å². The van der Waals surface area contributed by atoms with E-state index < -0.39 is 0 Å². The van der Waals surface area contributed by atoms with Crippen molar-refractivity contribution < 1.29 is 0 Å². The fourth-order valence-corrected chi connectivity index (χ4v) is 6.16. The summed E-state index contributed by atoms with van der Waals surface area (Å²) >= 11 is 3.74. The van der Waals surface area contributed by atoms with Gasteiger partial charge in [-0.2, -0.15) is 0 Å². The molecule has 0 aliphatic carbocycles. The quantitative estimate of drug-likeness (QED) is 0.170. The maximum atomic E-state index is 3.74. The third kappa shape index (κ3) is 5.99. The van der Waals surface area contributed by atoms with Gasteiger partial charge in [-0.25, -0.2) is 0 Å². The molecule has 0 aliphatic heterocycles. The Balaban J connectivity index is 1.26. The molecule has 0 atom stereocenters. The molecule has 7 aromatic carbocycles. The Kier molecular flexibility index (Phi) is 7.91. The molecule has 7 rings (SSSR count). The van der Waals surface area contributed by atoms with E-state index in [0.29, 0.717) is 0 Å². The summed E-state index contributed by atoms with van der Waals surface area (Å²) in [6.07, 6.45) is 0. The molecule has 7 aromatic rings. The van der Waals surface area contributed by atoms with Gasteiger partial charge < -0.3 is 4.90 Å². The van der Waals surface area contributed by atoms with Crippen molar-refractivity contribution >= 4 is 33.0 Å². The predicted octanol–water partition coefficient (Wildman–Crippen LogP) is 12.6. The van der Waals surface area contributed by atoms with Crippen molar-refractivity contribution in [3.63, 3.8) is 0 Å². The topological polar surface area (TPSA) is 3.24 Å². The fraction of sp³-hybridized carbons (Fsp3) is 0. The monoisotopic (exact) mass is 627 g/mol. The summed E-state index contributed by atoms with van der Waals surface area (Å²) in [7, 11) is 0. The number of nitrogens with zero attached hydrogens (tertiary/aromatic N) is 1. The molecule has 44 heavy (non-hydrogen) atoms. The molecule has 0 aliphatic rings. The molecular weight excluding hydrogens is 598 g/mol. The first kappa shape index (κ1) is 27.6. The van der Waals surface area contributed by atoms with Gasteiger partial charge in [0.2, 0.25) is 0 Å². The van der Waals surface area contributed by atoms with Crippen LogP contribution in [0.2, 0.25) is 0 Å². The normalized spacial score (nSPS) is 10.8. The Morgan fingerprint density at radius 2 is 0.545 bits per heavy atom. The lowest BCUT2D eigenvalue weighted by molar-refractivity contribution is 1.28. The van der Waals surface area contributed by atoms with E-state index >= 15 is 0 Å². The summed E-state index contributed by atoms with van der Waals surface area (Å²) in [5, 5.41) is 0. The van der Waals surface area contributed by atoms with Gasteiger partial charge in [-0.1, -0.05) is 143 Å². The first-order valence-corrected chi connectivity index (χ1v) is 15.6. The Hall–Kier alpha value is -5.18. The van der Waals surface area contributed by atoms with Crippen LogP contribution in [0.15, 0.2) is 186 Å². The van der Waals surface area contributed by atoms with Gasteiger partial charge in [0.05, 0.1) is 0 Å². The number of hydrogen-bond donors (Lipinski definition) is 0. The maximum Gasteiger partial charge on any atom is 0.0462 e. The average Bonchev–Trinajstić information content (AvgIpc) is 3.10. The van der Waals surface area contributed by atoms with Crippen molar-refractivity contribution in [1.82, 2.24) is 0 Å². The molecule has 0 unspecified atom stereocenters. The van der Waals surface area contributed by atoms with Gasteiger partial charge in [-0.15, -0.1) is 0 Å². The zero-order chi connectivity index (χ0) is 29.7. The van der Waals surface area contributed by atoms with Crippen molar-refractivity contribution in [1.29, 1.82) is 0 Å². The maximum absolute atomic E-state index is 3.74. The van der Waals surface area contributed by atoms with Gasteiger partial charge in [0, 0.05) is 21.5 Å². The zero-order valence-electron chi connectivity index (χ0n) is 24.1. The standard InChI is InChI=1S/C42H30BrN/c43-39-29-37(33-14-8-3-9-15-33)28-38(30-39)36-20-26-42(27-21-36)44(40-22-16-34(17-23-40)31-10-4-1-5-11-31)41-24-18-35(19-25-41)32-12-6-2-7-13-32/h1-30H. The molecule has 0 amide bonds. The van der Waals surface area contributed by atoms with Gasteiger partial charge in [0.15, 0.2) is 0 Å². The molecule has 0 N–H and O–H groups in total. The van der Waals surface area contributed by atoms with E-state index in [4.69, 9.17) is 0 Å². The summed E-state index contributed by atoms with van der Waals surface area (Å²) in [4.78, 5) is 2.32. The molecule has 0 bridgehead atoms. The number of benzene rings is 7. The van der Waals surface area contributed by atoms with E-state index in [9.17, 15) is 0 Å². The van der Waals surface area contributed by atoms with Gasteiger partial charge in [-0.05, 0) is 99.1 Å². The van der Waals surface area contributed by atoms with Crippen LogP contribution in [0.4, 0.5) is 17.1 Å². The van der Waals surface area contributed by atoms with E-state index in [0.717, 1.165) is 21.5 Å². The molecule has 0 aromatic heterocycles. The smallest absolute Gasteiger partial charge is 0.0462 e. The van der Waals surface area contributed by atoms with Gasteiger partial charge in [0.1, 0.15) is 0 Å². The minimum atomic E-state index is 1.07. The highest BCUT2D eigenvalue weighted by molar-refractivity contribution is 9.10. The van der Waals surface area contributed by atoms with Crippen LogP contribution < -0.4 is 4.90 Å². The lowest BCUT2D eigenvalue weighted by Crippen LogP contribution is -2.09. The third-order valence-electron chi connectivity index (χ3n) is 7.93. The van der Waals surface area contributed by atoms with E-state index in [1.807, 2.05) is 0 Å². The largest absolute Gasteiger partial charge is 0.311 e. The van der Waals surface area contributed by atoms with E-state index in [1.54, 1.807) is 0 Å². The second kappa shape index (κ2) is 12.6. The van der Waals surface area contributed by atoms with Crippen LogP contribution in [0.5, 0.6) is 0 Å². The Bertz CT molecular complexity index is 1880. The minimum absolute atomic E-state index is 1.07. The van der Waals surface area contributed by atoms with Crippen molar-refractivity contribution in [3.8, 4) is 44.5 Å². The van der Waals surface area contributed by atoms with Crippen LogP contribution in [0.3, 0.4) is 0 Å². The molecule has 0 fully saturated rings. The highest BCUT2D eigenvalue weighted by Gasteiger charge is 2.14. The molecule has 0 radical (unpaired) electrons. The van der Waals surface area contributed by atoms with Crippen molar-refractivity contribution in [2.45, 2.75) is 0 Å². The molecular formula is C42H30BrN. The van der Waals surface area contributed by atoms with E-state index in [2.05, 4.69) is 203 Å². The number of rotatable bonds is 7. The lowest BCUT2D eigenvalue weighted by atomic mass is 9.98. The minimum Gasteiger partial charge on any atom is -0.311 e. The van der Waals surface area contributed by atoms with Gasteiger partial charge in [0.25, 0.3) is 0 Å². The SMILES string of the molecule is Brc1cc(-c2ccccc2)cc(-c2ccc(N(c3ccc(-c4ccccc4)cc3)c3ccc(-c4ccccc4)cc3)cc2)c1. The van der Waals surface area contributed by atoms with Crippen LogP contribution >= 0.6 is 15.9 Å². The molecule has 2 heteroatoms. The van der Waals surface area contributed by atoms with Crippen LogP contribution in [-0.2, 0) is 0 Å². The summed E-state index contributed by atoms with van der Waals surface area (Å²) < 4.78 is 1.07. The Morgan fingerprint density at radius 3 is 0.886 bits per heavy atom. The third-order valence-corrected chi connectivity index (χ3v) is 8.39. The highest BCUT2D eigenvalue weighted by atomic mass is 79.9. The summed E-state index contributed by atoms with van der Waals surface area (Å²) in [5.74, 6) is 0. The molecule has 1 nitrogen and oxygen atoms in total. The first-order valence-electron chi connectivity index (χ1n) is 14.8. The highest BCUT2D eigenvalue weighted by Crippen LogP contribution is 2.38. The molecule has 0 heterocycles.